The molecule has 0 aliphatic carbocycles. The molecule has 0 radical (unpaired) electrons. The number of unbranched alkanes of at least 4 members (excludes halogenated alkanes) is 4. The highest BCUT2D eigenvalue weighted by molar-refractivity contribution is 5.76. The van der Waals surface area contributed by atoms with Crippen LogP contribution in [0.15, 0.2) is 0 Å². The third kappa shape index (κ3) is 13.2. The Bertz CT molecular complexity index is 242. The first-order chi connectivity index (χ1) is 9.20. The predicted octanol–water partition coefficient (Wildman–Crippen LogP) is 2.77. The van der Waals surface area contributed by atoms with Crippen LogP contribution in [0.5, 0.6) is 0 Å². The second-order valence-corrected chi connectivity index (χ2v) is 4.97. The highest BCUT2D eigenvalue weighted by atomic mass is 16.2. The summed E-state index contributed by atoms with van der Waals surface area (Å²) in [6.07, 6.45) is 8.50. The first-order valence-corrected chi connectivity index (χ1v) is 7.74. The summed E-state index contributed by atoms with van der Waals surface area (Å²) in [6, 6.07) is 0. The Hall–Kier alpha value is -1.06. The maximum atomic E-state index is 11.3. The summed E-state index contributed by atoms with van der Waals surface area (Å²) in [5, 5.41) is 5.84. The van der Waals surface area contributed by atoms with Crippen LogP contribution in [-0.4, -0.2) is 24.9 Å². The van der Waals surface area contributed by atoms with Gasteiger partial charge in [0.1, 0.15) is 0 Å². The zero-order valence-electron chi connectivity index (χ0n) is 12.6. The van der Waals surface area contributed by atoms with Gasteiger partial charge >= 0.3 is 0 Å². The van der Waals surface area contributed by atoms with E-state index < -0.39 is 0 Å². The third-order valence-corrected chi connectivity index (χ3v) is 2.98. The molecule has 0 aromatic rings. The number of hydrogen-bond acceptors (Lipinski definition) is 2. The average Bonchev–Trinajstić information content (AvgIpc) is 2.39. The minimum Gasteiger partial charge on any atom is -0.356 e. The Morgan fingerprint density at radius 3 is 1.68 bits per heavy atom. The van der Waals surface area contributed by atoms with Crippen LogP contribution in [0.25, 0.3) is 0 Å². The molecule has 0 aliphatic rings. The summed E-state index contributed by atoms with van der Waals surface area (Å²) < 4.78 is 0. The third-order valence-electron chi connectivity index (χ3n) is 2.98. The van der Waals surface area contributed by atoms with E-state index in [4.69, 9.17) is 0 Å². The molecule has 19 heavy (non-hydrogen) atoms. The summed E-state index contributed by atoms with van der Waals surface area (Å²) in [5.41, 5.74) is 0. The van der Waals surface area contributed by atoms with Gasteiger partial charge in [-0.3, -0.25) is 9.59 Å². The molecule has 2 amide bonds. The van der Waals surface area contributed by atoms with E-state index in [2.05, 4.69) is 17.6 Å². The van der Waals surface area contributed by atoms with Crippen LogP contribution in [0.2, 0.25) is 0 Å². The summed E-state index contributed by atoms with van der Waals surface area (Å²) >= 11 is 0. The van der Waals surface area contributed by atoms with E-state index in [-0.39, 0.29) is 11.8 Å². The lowest BCUT2D eigenvalue weighted by atomic mass is 10.2. The van der Waals surface area contributed by atoms with Crippen molar-refractivity contribution in [1.82, 2.24) is 10.6 Å². The molecule has 2 N–H and O–H groups in total. The van der Waals surface area contributed by atoms with Crippen molar-refractivity contribution in [3.05, 3.63) is 0 Å². The van der Waals surface area contributed by atoms with Crippen molar-refractivity contribution in [2.45, 2.75) is 71.6 Å². The highest BCUT2D eigenvalue weighted by Crippen LogP contribution is 1.99. The van der Waals surface area contributed by atoms with E-state index >= 15 is 0 Å². The molecule has 0 saturated heterocycles. The van der Waals surface area contributed by atoms with E-state index in [1.54, 1.807) is 0 Å². The van der Waals surface area contributed by atoms with Gasteiger partial charge in [-0.2, -0.15) is 0 Å². The topological polar surface area (TPSA) is 58.2 Å². The first-order valence-electron chi connectivity index (χ1n) is 7.74. The molecule has 0 saturated carbocycles. The lowest BCUT2D eigenvalue weighted by Crippen LogP contribution is -2.24. The van der Waals surface area contributed by atoms with Gasteiger partial charge in [0, 0.05) is 25.9 Å². The monoisotopic (exact) mass is 270 g/mol. The Morgan fingerprint density at radius 1 is 0.684 bits per heavy atom. The molecule has 0 aromatic carbocycles. The molecule has 0 heterocycles. The number of carbonyl (C=O) groups is 2. The number of hydrogen-bond donors (Lipinski definition) is 2. The van der Waals surface area contributed by atoms with Crippen LogP contribution >= 0.6 is 0 Å². The number of amides is 2. The fraction of sp³-hybridized carbons (Fsp3) is 0.867. The fourth-order valence-electron chi connectivity index (χ4n) is 1.80. The van der Waals surface area contributed by atoms with Crippen LogP contribution in [0.4, 0.5) is 0 Å². The van der Waals surface area contributed by atoms with E-state index in [0.717, 1.165) is 58.0 Å². The number of nitrogens with one attached hydrogen (secondary N) is 2. The molecule has 0 aromatic heterocycles. The lowest BCUT2D eigenvalue weighted by Gasteiger charge is -2.06. The van der Waals surface area contributed by atoms with Crippen LogP contribution in [0, 0.1) is 0 Å². The van der Waals surface area contributed by atoms with Crippen molar-refractivity contribution in [2.24, 2.45) is 0 Å². The van der Waals surface area contributed by atoms with Crippen molar-refractivity contribution < 1.29 is 9.59 Å². The van der Waals surface area contributed by atoms with Gasteiger partial charge in [-0.25, -0.2) is 0 Å². The normalized spacial score (nSPS) is 10.2. The molecule has 0 atom stereocenters. The van der Waals surface area contributed by atoms with E-state index in [1.807, 2.05) is 6.92 Å². The van der Waals surface area contributed by atoms with E-state index in [0.29, 0.717) is 12.8 Å². The SMILES string of the molecule is CCCCC(=O)NCCCCCCNC(=O)CCC. The molecule has 112 valence electrons. The van der Waals surface area contributed by atoms with E-state index in [1.165, 1.54) is 0 Å². The molecule has 0 unspecified atom stereocenters. The maximum absolute atomic E-state index is 11.3. The van der Waals surface area contributed by atoms with Gasteiger partial charge in [-0.05, 0) is 25.7 Å². The lowest BCUT2D eigenvalue weighted by molar-refractivity contribution is -0.122. The van der Waals surface area contributed by atoms with Gasteiger partial charge in [-0.1, -0.05) is 33.1 Å². The molecule has 0 aliphatic heterocycles. The molecule has 0 fully saturated rings. The first kappa shape index (κ1) is 17.9. The summed E-state index contributed by atoms with van der Waals surface area (Å²) in [4.78, 5) is 22.5. The van der Waals surface area contributed by atoms with Crippen molar-refractivity contribution >= 4 is 11.8 Å². The molecular weight excluding hydrogens is 240 g/mol. The summed E-state index contributed by atoms with van der Waals surface area (Å²) in [6.45, 7) is 5.66. The van der Waals surface area contributed by atoms with Gasteiger partial charge in [0.25, 0.3) is 0 Å². The summed E-state index contributed by atoms with van der Waals surface area (Å²) in [7, 11) is 0. The zero-order valence-corrected chi connectivity index (χ0v) is 12.6. The molecule has 4 heteroatoms. The standard InChI is InChI=1S/C15H30N2O2/c1-3-5-11-15(19)17-13-9-7-6-8-12-16-14(18)10-4-2/h3-13H2,1-2H3,(H,16,18)(H,17,19). The number of rotatable bonds is 12. The summed E-state index contributed by atoms with van der Waals surface area (Å²) in [5.74, 6) is 0.333. The van der Waals surface area contributed by atoms with Gasteiger partial charge < -0.3 is 10.6 Å². The fourth-order valence-corrected chi connectivity index (χ4v) is 1.80. The smallest absolute Gasteiger partial charge is 0.219 e. The van der Waals surface area contributed by atoms with Gasteiger partial charge in [0.05, 0.1) is 0 Å². The van der Waals surface area contributed by atoms with Crippen LogP contribution in [0.1, 0.15) is 71.6 Å². The van der Waals surface area contributed by atoms with Crippen LogP contribution in [-0.2, 0) is 9.59 Å². The Kier molecular flexibility index (Phi) is 12.6. The van der Waals surface area contributed by atoms with Crippen molar-refractivity contribution in [2.75, 3.05) is 13.1 Å². The minimum atomic E-state index is 0.158. The quantitative estimate of drug-likeness (QED) is 0.536. The average molecular weight is 270 g/mol. The number of carbonyl (C=O) groups excluding carboxylic acids is 2. The maximum Gasteiger partial charge on any atom is 0.219 e. The van der Waals surface area contributed by atoms with Crippen LogP contribution in [0.3, 0.4) is 0 Å². The molecule has 0 bridgehead atoms. The minimum absolute atomic E-state index is 0.158. The Balaban J connectivity index is 3.18. The van der Waals surface area contributed by atoms with Gasteiger partial charge in [0.15, 0.2) is 0 Å². The largest absolute Gasteiger partial charge is 0.356 e. The molecule has 0 rings (SSSR count). The van der Waals surface area contributed by atoms with Gasteiger partial charge in [0.2, 0.25) is 11.8 Å². The van der Waals surface area contributed by atoms with E-state index in [9.17, 15) is 9.59 Å². The predicted molar refractivity (Wildman–Crippen MR) is 78.9 cm³/mol. The van der Waals surface area contributed by atoms with Crippen molar-refractivity contribution in [3.63, 3.8) is 0 Å². The highest BCUT2D eigenvalue weighted by Gasteiger charge is 1.99. The molecule has 4 nitrogen and oxygen atoms in total. The van der Waals surface area contributed by atoms with Gasteiger partial charge in [-0.15, -0.1) is 0 Å². The second kappa shape index (κ2) is 13.4. The Labute approximate surface area is 117 Å². The van der Waals surface area contributed by atoms with Crippen molar-refractivity contribution in [3.8, 4) is 0 Å². The van der Waals surface area contributed by atoms with Crippen molar-refractivity contribution in [1.29, 1.82) is 0 Å². The Morgan fingerprint density at radius 2 is 1.21 bits per heavy atom. The van der Waals surface area contributed by atoms with Crippen LogP contribution < -0.4 is 10.6 Å². The zero-order chi connectivity index (χ0) is 14.3. The molecular formula is C15H30N2O2. The second-order valence-electron chi connectivity index (χ2n) is 4.97. The molecule has 0 spiro atoms.